The van der Waals surface area contributed by atoms with E-state index < -0.39 is 10.0 Å². The Kier molecular flexibility index (Phi) is 6.38. The van der Waals surface area contributed by atoms with Crippen molar-refractivity contribution in [3.8, 4) is 0 Å². The number of anilines is 1. The van der Waals surface area contributed by atoms with Gasteiger partial charge < -0.3 is 5.32 Å². The fourth-order valence-corrected chi connectivity index (χ4v) is 5.23. The van der Waals surface area contributed by atoms with Crippen molar-refractivity contribution in [2.75, 3.05) is 18.4 Å². The molecule has 1 aliphatic heterocycles. The molecule has 1 aliphatic rings. The van der Waals surface area contributed by atoms with Crippen molar-refractivity contribution in [2.45, 2.75) is 57.9 Å². The second kappa shape index (κ2) is 8.55. The highest BCUT2D eigenvalue weighted by Crippen LogP contribution is 2.27. The average Bonchev–Trinajstić information content (AvgIpc) is 3.08. The van der Waals surface area contributed by atoms with Gasteiger partial charge in [-0.1, -0.05) is 12.1 Å². The van der Waals surface area contributed by atoms with Gasteiger partial charge in [0.1, 0.15) is 5.82 Å². The van der Waals surface area contributed by atoms with E-state index >= 15 is 0 Å². The van der Waals surface area contributed by atoms with E-state index in [2.05, 4.69) is 10.4 Å². The zero-order chi connectivity index (χ0) is 23.0. The number of carbonyl (C=O) groups excluding carboxylic acids is 2. The Hall–Kier alpha value is -2.52. The lowest BCUT2D eigenvalue weighted by molar-refractivity contribution is -0.121. The molecule has 0 radical (unpaired) electrons. The van der Waals surface area contributed by atoms with E-state index in [9.17, 15) is 18.0 Å². The molecule has 1 saturated heterocycles. The maximum atomic E-state index is 13.0. The first-order valence-corrected chi connectivity index (χ1v) is 11.8. The maximum Gasteiger partial charge on any atom is 0.243 e. The van der Waals surface area contributed by atoms with Crippen LogP contribution in [0.4, 0.5) is 5.82 Å². The number of Topliss-reactive ketones (excluding diaryl/α,β-unsaturated/α-hetero) is 1. The van der Waals surface area contributed by atoms with Crippen LogP contribution in [-0.4, -0.2) is 47.3 Å². The third-order valence-corrected chi connectivity index (χ3v) is 7.32. The molecule has 1 amide bonds. The molecule has 0 unspecified atom stereocenters. The Balaban J connectivity index is 1.68. The van der Waals surface area contributed by atoms with Crippen LogP contribution in [0.1, 0.15) is 56.6 Å². The van der Waals surface area contributed by atoms with Crippen LogP contribution in [-0.2, 0) is 20.4 Å². The maximum absolute atomic E-state index is 13.0. The zero-order valence-electron chi connectivity index (χ0n) is 18.7. The Morgan fingerprint density at radius 3 is 2.35 bits per heavy atom. The number of benzene rings is 1. The van der Waals surface area contributed by atoms with Gasteiger partial charge in [0.15, 0.2) is 5.78 Å². The van der Waals surface area contributed by atoms with Gasteiger partial charge in [-0.25, -0.2) is 13.1 Å². The minimum atomic E-state index is -3.71. The van der Waals surface area contributed by atoms with Gasteiger partial charge in [0.2, 0.25) is 15.9 Å². The quantitative estimate of drug-likeness (QED) is 0.711. The summed E-state index contributed by atoms with van der Waals surface area (Å²) in [6.45, 7) is 9.83. The van der Waals surface area contributed by atoms with Crippen molar-refractivity contribution in [3.63, 3.8) is 0 Å². The molecule has 1 aromatic heterocycles. The SMILES string of the molecule is CC(=O)c1cccc(S(=O)(=O)N2CCC(C(=O)Nc3cc(C)nn3C(C)(C)C)CC2)c1. The monoisotopic (exact) mass is 446 g/mol. The van der Waals surface area contributed by atoms with Crippen LogP contribution in [0.15, 0.2) is 35.2 Å². The Labute approximate surface area is 183 Å². The van der Waals surface area contributed by atoms with Crippen LogP contribution in [0, 0.1) is 12.8 Å². The third kappa shape index (κ3) is 5.04. The molecule has 0 aliphatic carbocycles. The molecule has 1 N–H and O–H groups in total. The molecule has 9 heteroatoms. The number of hydrogen-bond donors (Lipinski definition) is 1. The lowest BCUT2D eigenvalue weighted by Crippen LogP contribution is -2.41. The van der Waals surface area contributed by atoms with E-state index in [1.807, 2.05) is 33.8 Å². The number of hydrogen-bond acceptors (Lipinski definition) is 5. The topological polar surface area (TPSA) is 101 Å². The molecule has 0 saturated carbocycles. The standard InChI is InChI=1S/C22H30N4O4S/c1-15-13-20(26(24-15)22(3,4)5)23-21(28)17-9-11-25(12-10-17)31(29,30)19-8-6-7-18(14-19)16(2)27/h6-8,13-14,17H,9-12H2,1-5H3,(H,23,28). The van der Waals surface area contributed by atoms with Crippen molar-refractivity contribution in [1.82, 2.24) is 14.1 Å². The Morgan fingerprint density at radius 1 is 1.13 bits per heavy atom. The van der Waals surface area contributed by atoms with E-state index in [4.69, 9.17) is 0 Å². The molecule has 2 aromatic rings. The summed E-state index contributed by atoms with van der Waals surface area (Å²) >= 11 is 0. The summed E-state index contributed by atoms with van der Waals surface area (Å²) < 4.78 is 29.2. The van der Waals surface area contributed by atoms with Gasteiger partial charge >= 0.3 is 0 Å². The summed E-state index contributed by atoms with van der Waals surface area (Å²) in [6.07, 6.45) is 0.861. The average molecular weight is 447 g/mol. The molecule has 31 heavy (non-hydrogen) atoms. The highest BCUT2D eigenvalue weighted by molar-refractivity contribution is 7.89. The lowest BCUT2D eigenvalue weighted by atomic mass is 9.97. The van der Waals surface area contributed by atoms with E-state index in [1.54, 1.807) is 16.8 Å². The van der Waals surface area contributed by atoms with Crippen LogP contribution < -0.4 is 5.32 Å². The molecule has 1 fully saturated rings. The summed E-state index contributed by atoms with van der Waals surface area (Å²) in [6, 6.07) is 7.92. The van der Waals surface area contributed by atoms with Gasteiger partial charge in [-0.15, -0.1) is 0 Å². The molecule has 0 atom stereocenters. The number of ketones is 1. The van der Waals surface area contributed by atoms with Crippen molar-refractivity contribution >= 4 is 27.5 Å². The molecule has 1 aromatic carbocycles. The number of nitrogens with one attached hydrogen (secondary N) is 1. The normalized spacial score (nSPS) is 16.3. The third-order valence-electron chi connectivity index (χ3n) is 5.42. The zero-order valence-corrected chi connectivity index (χ0v) is 19.5. The molecule has 8 nitrogen and oxygen atoms in total. The number of piperidine rings is 1. The fraction of sp³-hybridized carbons (Fsp3) is 0.500. The molecular formula is C22H30N4O4S. The van der Waals surface area contributed by atoms with Gasteiger partial charge in [-0.2, -0.15) is 9.40 Å². The molecule has 0 spiro atoms. The second-order valence-corrected chi connectivity index (χ2v) is 10.9. The summed E-state index contributed by atoms with van der Waals surface area (Å²) in [5, 5.41) is 7.44. The van der Waals surface area contributed by atoms with Gasteiger partial charge in [0.25, 0.3) is 0 Å². The lowest BCUT2D eigenvalue weighted by Gasteiger charge is -2.31. The number of rotatable bonds is 5. The number of sulfonamides is 1. The number of carbonyl (C=O) groups is 2. The van der Waals surface area contributed by atoms with Crippen molar-refractivity contribution in [2.24, 2.45) is 5.92 Å². The molecule has 168 valence electrons. The van der Waals surface area contributed by atoms with Crippen LogP contribution in [0.3, 0.4) is 0 Å². The summed E-state index contributed by atoms with van der Waals surface area (Å²) in [5.41, 5.74) is 0.906. The minimum absolute atomic E-state index is 0.104. The van der Waals surface area contributed by atoms with Crippen LogP contribution >= 0.6 is 0 Å². The van der Waals surface area contributed by atoms with Crippen LogP contribution in [0.25, 0.3) is 0 Å². The largest absolute Gasteiger partial charge is 0.311 e. The van der Waals surface area contributed by atoms with E-state index in [0.29, 0.717) is 24.2 Å². The molecule has 3 rings (SSSR count). The van der Waals surface area contributed by atoms with Gasteiger partial charge in [0, 0.05) is 30.6 Å². The summed E-state index contributed by atoms with van der Waals surface area (Å²) in [5.74, 6) is 0.0583. The number of nitrogens with zero attached hydrogens (tertiary/aromatic N) is 3. The smallest absolute Gasteiger partial charge is 0.243 e. The van der Waals surface area contributed by atoms with Crippen molar-refractivity contribution in [1.29, 1.82) is 0 Å². The second-order valence-electron chi connectivity index (χ2n) is 9.01. The van der Waals surface area contributed by atoms with E-state index in [1.165, 1.54) is 23.4 Å². The Morgan fingerprint density at radius 2 is 1.77 bits per heavy atom. The fourth-order valence-electron chi connectivity index (χ4n) is 3.71. The number of aromatic nitrogens is 2. The predicted octanol–water partition coefficient (Wildman–Crippen LogP) is 3.19. The highest BCUT2D eigenvalue weighted by atomic mass is 32.2. The minimum Gasteiger partial charge on any atom is -0.311 e. The predicted molar refractivity (Wildman–Crippen MR) is 119 cm³/mol. The number of amides is 1. The van der Waals surface area contributed by atoms with Crippen molar-refractivity contribution < 1.29 is 18.0 Å². The first kappa shape index (κ1) is 23.1. The molecule has 0 bridgehead atoms. The van der Waals surface area contributed by atoms with Gasteiger partial charge in [-0.05, 0) is 59.6 Å². The van der Waals surface area contributed by atoms with Gasteiger partial charge in [0.05, 0.1) is 16.1 Å². The molecular weight excluding hydrogens is 416 g/mol. The molecule has 2 heterocycles. The van der Waals surface area contributed by atoms with Gasteiger partial charge in [-0.3, -0.25) is 9.59 Å². The summed E-state index contributed by atoms with van der Waals surface area (Å²) in [4.78, 5) is 24.5. The first-order chi connectivity index (χ1) is 14.4. The summed E-state index contributed by atoms with van der Waals surface area (Å²) in [7, 11) is -3.71. The van der Waals surface area contributed by atoms with Crippen LogP contribution in [0.2, 0.25) is 0 Å². The number of aryl methyl sites for hydroxylation is 1. The van der Waals surface area contributed by atoms with E-state index in [0.717, 1.165) is 5.69 Å². The Bertz CT molecular complexity index is 1090. The van der Waals surface area contributed by atoms with Crippen molar-refractivity contribution in [3.05, 3.63) is 41.6 Å². The van der Waals surface area contributed by atoms with Crippen LogP contribution in [0.5, 0.6) is 0 Å². The van der Waals surface area contributed by atoms with E-state index in [-0.39, 0.29) is 41.1 Å². The first-order valence-electron chi connectivity index (χ1n) is 10.4. The highest BCUT2D eigenvalue weighted by Gasteiger charge is 2.33.